The van der Waals surface area contributed by atoms with Gasteiger partial charge in [-0.05, 0) is 56.2 Å². The molecule has 1 saturated carbocycles. The fourth-order valence-electron chi connectivity index (χ4n) is 4.73. The Morgan fingerprint density at radius 1 is 1.27 bits per heavy atom. The Morgan fingerprint density at radius 3 is 2.77 bits per heavy atom. The number of piperidine rings is 1. The van der Waals surface area contributed by atoms with Crippen LogP contribution in [0.4, 0.5) is 0 Å². The molecule has 0 aromatic carbocycles. The van der Waals surface area contributed by atoms with Crippen molar-refractivity contribution in [3.05, 3.63) is 30.1 Å². The minimum absolute atomic E-state index is 0.214. The molecule has 0 bridgehead atoms. The number of nitrogens with zero attached hydrogens (tertiary/aromatic N) is 3. The SMILES string of the molecule is CN1CC(COCC2CC2)C2(CCN(C(=O)Cc3ccccn3)CC2)C1. The van der Waals surface area contributed by atoms with Gasteiger partial charge in [0, 0.05) is 50.6 Å². The smallest absolute Gasteiger partial charge is 0.228 e. The van der Waals surface area contributed by atoms with Gasteiger partial charge in [-0.3, -0.25) is 9.78 Å². The lowest BCUT2D eigenvalue weighted by atomic mass is 9.71. The highest BCUT2D eigenvalue weighted by molar-refractivity contribution is 5.78. The molecule has 26 heavy (non-hydrogen) atoms. The Bertz CT molecular complexity index is 609. The van der Waals surface area contributed by atoms with E-state index < -0.39 is 0 Å². The molecule has 5 nitrogen and oxygen atoms in total. The first-order valence-corrected chi connectivity index (χ1v) is 10.1. The summed E-state index contributed by atoms with van der Waals surface area (Å²) in [6, 6.07) is 5.77. The van der Waals surface area contributed by atoms with Gasteiger partial charge in [0.25, 0.3) is 0 Å². The Labute approximate surface area is 156 Å². The van der Waals surface area contributed by atoms with Crippen molar-refractivity contribution in [2.75, 3.05) is 46.4 Å². The van der Waals surface area contributed by atoms with Crippen LogP contribution in [0.15, 0.2) is 24.4 Å². The van der Waals surface area contributed by atoms with E-state index in [1.165, 1.54) is 12.8 Å². The molecule has 1 unspecified atom stereocenters. The second-order valence-corrected chi connectivity index (χ2v) is 8.62. The van der Waals surface area contributed by atoms with Gasteiger partial charge in [0.15, 0.2) is 0 Å². The molecular formula is C21H31N3O2. The van der Waals surface area contributed by atoms with Gasteiger partial charge in [-0.1, -0.05) is 6.07 Å². The first kappa shape index (κ1) is 17.9. The lowest BCUT2D eigenvalue weighted by molar-refractivity contribution is -0.133. The zero-order valence-corrected chi connectivity index (χ0v) is 15.9. The van der Waals surface area contributed by atoms with E-state index >= 15 is 0 Å². The summed E-state index contributed by atoms with van der Waals surface area (Å²) in [5.41, 5.74) is 1.20. The number of pyridine rings is 1. The molecule has 1 aromatic rings. The maximum atomic E-state index is 12.6. The van der Waals surface area contributed by atoms with Crippen LogP contribution in [-0.2, 0) is 16.0 Å². The molecule has 5 heteroatoms. The maximum absolute atomic E-state index is 12.6. The van der Waals surface area contributed by atoms with E-state index in [-0.39, 0.29) is 5.91 Å². The number of hydrogen-bond donors (Lipinski definition) is 0. The minimum atomic E-state index is 0.214. The zero-order valence-electron chi connectivity index (χ0n) is 15.9. The molecule has 3 aliphatic rings. The molecule has 1 atom stereocenters. The van der Waals surface area contributed by atoms with Crippen molar-refractivity contribution in [3.63, 3.8) is 0 Å². The summed E-state index contributed by atoms with van der Waals surface area (Å²) in [6.07, 6.45) is 7.08. The second kappa shape index (κ2) is 7.65. The third kappa shape index (κ3) is 4.09. The van der Waals surface area contributed by atoms with Crippen molar-refractivity contribution < 1.29 is 9.53 Å². The fourth-order valence-corrected chi connectivity index (χ4v) is 4.73. The van der Waals surface area contributed by atoms with Crippen molar-refractivity contribution in [2.24, 2.45) is 17.3 Å². The van der Waals surface area contributed by atoms with Crippen molar-refractivity contribution in [1.82, 2.24) is 14.8 Å². The van der Waals surface area contributed by atoms with Crippen LogP contribution >= 0.6 is 0 Å². The number of rotatable bonds is 6. The molecule has 3 fully saturated rings. The second-order valence-electron chi connectivity index (χ2n) is 8.62. The van der Waals surface area contributed by atoms with Crippen molar-refractivity contribution in [2.45, 2.75) is 32.1 Å². The van der Waals surface area contributed by atoms with Crippen LogP contribution in [-0.4, -0.2) is 67.1 Å². The van der Waals surface area contributed by atoms with E-state index in [2.05, 4.69) is 16.9 Å². The Morgan fingerprint density at radius 2 is 2.08 bits per heavy atom. The molecule has 2 saturated heterocycles. The van der Waals surface area contributed by atoms with E-state index in [0.717, 1.165) is 63.8 Å². The van der Waals surface area contributed by atoms with Gasteiger partial charge >= 0.3 is 0 Å². The molecule has 1 aromatic heterocycles. The summed E-state index contributed by atoms with van der Waals surface area (Å²) in [5.74, 6) is 1.65. The summed E-state index contributed by atoms with van der Waals surface area (Å²) in [5, 5.41) is 0. The van der Waals surface area contributed by atoms with Crippen LogP contribution in [0, 0.1) is 17.3 Å². The number of aromatic nitrogens is 1. The molecule has 1 aliphatic carbocycles. The Hall–Kier alpha value is -1.46. The number of ether oxygens (including phenoxy) is 1. The predicted octanol–water partition coefficient (Wildman–Crippen LogP) is 2.22. The summed E-state index contributed by atoms with van der Waals surface area (Å²) in [7, 11) is 2.22. The van der Waals surface area contributed by atoms with Crippen LogP contribution < -0.4 is 0 Å². The van der Waals surface area contributed by atoms with Gasteiger partial charge in [-0.15, -0.1) is 0 Å². The standard InChI is InChI=1S/C21H31N3O2/c1-23-13-18(15-26-14-17-5-6-17)21(16-23)7-10-24(11-8-21)20(25)12-19-4-2-3-9-22-19/h2-4,9,17-18H,5-8,10-16H2,1H3. The van der Waals surface area contributed by atoms with Gasteiger partial charge in [-0.25, -0.2) is 0 Å². The molecule has 1 amide bonds. The highest BCUT2D eigenvalue weighted by Crippen LogP contribution is 2.44. The summed E-state index contributed by atoms with van der Waals surface area (Å²) < 4.78 is 6.06. The third-order valence-corrected chi connectivity index (χ3v) is 6.52. The first-order valence-electron chi connectivity index (χ1n) is 10.1. The van der Waals surface area contributed by atoms with Gasteiger partial charge in [0.05, 0.1) is 13.0 Å². The fraction of sp³-hybridized carbons (Fsp3) is 0.714. The molecular weight excluding hydrogens is 326 g/mol. The molecule has 142 valence electrons. The number of amides is 1. The van der Waals surface area contributed by atoms with E-state index in [4.69, 9.17) is 4.74 Å². The molecule has 2 aliphatic heterocycles. The van der Waals surface area contributed by atoms with Crippen LogP contribution in [0.3, 0.4) is 0 Å². The summed E-state index contributed by atoms with van der Waals surface area (Å²) in [4.78, 5) is 21.4. The highest BCUT2D eigenvalue weighted by atomic mass is 16.5. The summed E-state index contributed by atoms with van der Waals surface area (Å²) >= 11 is 0. The average Bonchev–Trinajstić information content (AvgIpc) is 3.41. The van der Waals surface area contributed by atoms with E-state index in [1.54, 1.807) is 6.20 Å². The first-order chi connectivity index (χ1) is 12.6. The predicted molar refractivity (Wildman–Crippen MR) is 101 cm³/mol. The van der Waals surface area contributed by atoms with Crippen LogP contribution in [0.5, 0.6) is 0 Å². The van der Waals surface area contributed by atoms with Gasteiger partial charge in [0.1, 0.15) is 0 Å². The zero-order chi connectivity index (χ0) is 18.0. The number of carbonyl (C=O) groups is 1. The largest absolute Gasteiger partial charge is 0.381 e. The molecule has 1 spiro atoms. The Balaban J connectivity index is 1.31. The van der Waals surface area contributed by atoms with Gasteiger partial charge in [0.2, 0.25) is 5.91 Å². The Kier molecular flexibility index (Phi) is 5.28. The molecule has 4 rings (SSSR count). The molecule has 3 heterocycles. The number of carbonyl (C=O) groups excluding carboxylic acids is 1. The van der Waals surface area contributed by atoms with Gasteiger partial charge in [-0.2, -0.15) is 0 Å². The van der Waals surface area contributed by atoms with Crippen LogP contribution in [0.1, 0.15) is 31.4 Å². The number of hydrogen-bond acceptors (Lipinski definition) is 4. The topological polar surface area (TPSA) is 45.7 Å². The van der Waals surface area contributed by atoms with E-state index in [9.17, 15) is 4.79 Å². The summed E-state index contributed by atoms with van der Waals surface area (Å²) in [6.45, 7) is 5.87. The van der Waals surface area contributed by atoms with Gasteiger partial charge < -0.3 is 14.5 Å². The lowest BCUT2D eigenvalue weighted by Gasteiger charge is -2.42. The van der Waals surface area contributed by atoms with E-state index in [0.29, 0.717) is 17.8 Å². The van der Waals surface area contributed by atoms with Crippen LogP contribution in [0.25, 0.3) is 0 Å². The molecule has 0 radical (unpaired) electrons. The maximum Gasteiger partial charge on any atom is 0.228 e. The normalized spacial score (nSPS) is 25.7. The number of likely N-dealkylation sites (tertiary alicyclic amines) is 2. The van der Waals surface area contributed by atoms with E-state index in [1.807, 2.05) is 23.1 Å². The minimum Gasteiger partial charge on any atom is -0.381 e. The quantitative estimate of drug-likeness (QED) is 0.783. The third-order valence-electron chi connectivity index (χ3n) is 6.52. The monoisotopic (exact) mass is 357 g/mol. The van der Waals surface area contributed by atoms with Crippen molar-refractivity contribution >= 4 is 5.91 Å². The highest BCUT2D eigenvalue weighted by Gasteiger charge is 2.47. The lowest BCUT2D eigenvalue weighted by Crippen LogP contribution is -2.47. The molecule has 0 N–H and O–H groups in total. The van der Waals surface area contributed by atoms with Crippen molar-refractivity contribution in [1.29, 1.82) is 0 Å². The average molecular weight is 357 g/mol. The van der Waals surface area contributed by atoms with Crippen molar-refractivity contribution in [3.8, 4) is 0 Å². The van der Waals surface area contributed by atoms with Crippen LogP contribution in [0.2, 0.25) is 0 Å².